The van der Waals surface area contributed by atoms with Crippen molar-refractivity contribution < 1.29 is 5.11 Å². The van der Waals surface area contributed by atoms with Gasteiger partial charge in [-0.2, -0.15) is 0 Å². The summed E-state index contributed by atoms with van der Waals surface area (Å²) in [4.78, 5) is 8.98. The molecule has 2 aliphatic rings. The number of rotatable bonds is 3. The summed E-state index contributed by atoms with van der Waals surface area (Å²) < 4.78 is 0. The minimum absolute atomic E-state index is 0.0905. The molecule has 0 aromatic carbocycles. The minimum atomic E-state index is -0.0905. The maximum Gasteiger partial charge on any atom is 0.0649 e. The third kappa shape index (κ3) is 3.92. The van der Waals surface area contributed by atoms with Crippen LogP contribution in [0.15, 0.2) is 12.4 Å². The molecule has 0 spiro atoms. The van der Waals surface area contributed by atoms with Crippen molar-refractivity contribution in [2.24, 2.45) is 0 Å². The molecule has 22 heavy (non-hydrogen) atoms. The Kier molecular flexibility index (Phi) is 5.58. The molecule has 122 valence electrons. The Labute approximate surface area is 142 Å². The van der Waals surface area contributed by atoms with E-state index in [0.717, 1.165) is 51.1 Å². The predicted molar refractivity (Wildman–Crippen MR) is 89.4 cm³/mol. The summed E-state index contributed by atoms with van der Waals surface area (Å²) in [6, 6.07) is 0.659. The van der Waals surface area contributed by atoms with E-state index in [4.69, 9.17) is 23.2 Å². The summed E-state index contributed by atoms with van der Waals surface area (Å²) in [6.45, 7) is 5.00. The van der Waals surface area contributed by atoms with Gasteiger partial charge in [0.05, 0.1) is 16.1 Å². The lowest BCUT2D eigenvalue weighted by Crippen LogP contribution is -2.48. The molecule has 2 saturated heterocycles. The molecule has 2 fully saturated rings. The molecular formula is C16H23Cl2N3O. The predicted octanol–water partition coefficient (Wildman–Crippen LogP) is 2.81. The van der Waals surface area contributed by atoms with E-state index < -0.39 is 0 Å². The first-order valence-electron chi connectivity index (χ1n) is 8.06. The van der Waals surface area contributed by atoms with Crippen LogP contribution >= 0.6 is 23.2 Å². The molecule has 2 aliphatic heterocycles. The molecule has 0 radical (unpaired) electrons. The average Bonchev–Trinajstić information content (AvgIpc) is 2.53. The lowest BCUT2D eigenvalue weighted by atomic mass is 9.98. The number of aliphatic hydroxyl groups excluding tert-OH is 1. The highest BCUT2D eigenvalue weighted by atomic mass is 35.5. The molecule has 1 aromatic rings. The number of hydrogen-bond acceptors (Lipinski definition) is 4. The van der Waals surface area contributed by atoms with Crippen LogP contribution in [0.5, 0.6) is 0 Å². The summed E-state index contributed by atoms with van der Waals surface area (Å²) in [5.74, 6) is 0. The Morgan fingerprint density at radius 3 is 2.18 bits per heavy atom. The highest BCUT2D eigenvalue weighted by molar-refractivity contribution is 6.35. The maximum absolute atomic E-state index is 9.62. The molecule has 0 atom stereocenters. The fourth-order valence-electron chi connectivity index (χ4n) is 3.51. The summed E-state index contributed by atoms with van der Waals surface area (Å²) in [6.07, 6.45) is 7.42. The van der Waals surface area contributed by atoms with Crippen LogP contribution in [0.25, 0.3) is 0 Å². The van der Waals surface area contributed by atoms with Crippen molar-refractivity contribution in [1.29, 1.82) is 0 Å². The van der Waals surface area contributed by atoms with E-state index in [1.165, 1.54) is 12.8 Å². The molecular weight excluding hydrogens is 321 g/mol. The quantitative estimate of drug-likeness (QED) is 0.915. The zero-order valence-corrected chi connectivity index (χ0v) is 14.2. The zero-order chi connectivity index (χ0) is 15.5. The number of aliphatic hydroxyl groups is 1. The molecule has 3 rings (SSSR count). The van der Waals surface area contributed by atoms with Gasteiger partial charge in [0.1, 0.15) is 0 Å². The van der Waals surface area contributed by atoms with Crippen LogP contribution in [-0.2, 0) is 6.54 Å². The van der Waals surface area contributed by atoms with Gasteiger partial charge in [0.25, 0.3) is 0 Å². The fraction of sp³-hybridized carbons (Fsp3) is 0.688. The number of piperidine rings is 2. The van der Waals surface area contributed by atoms with E-state index in [1.807, 2.05) is 0 Å². The topological polar surface area (TPSA) is 39.6 Å². The molecule has 0 unspecified atom stereocenters. The Morgan fingerprint density at radius 1 is 1.00 bits per heavy atom. The van der Waals surface area contributed by atoms with Gasteiger partial charge in [0.15, 0.2) is 0 Å². The van der Waals surface area contributed by atoms with Crippen LogP contribution in [0.1, 0.15) is 31.2 Å². The van der Waals surface area contributed by atoms with Crippen molar-refractivity contribution in [3.05, 3.63) is 28.0 Å². The number of pyridine rings is 1. The molecule has 3 heterocycles. The largest absolute Gasteiger partial charge is 0.393 e. The van der Waals surface area contributed by atoms with Crippen LogP contribution in [0.3, 0.4) is 0 Å². The van der Waals surface area contributed by atoms with Crippen molar-refractivity contribution in [2.45, 2.75) is 44.4 Å². The first-order valence-corrected chi connectivity index (χ1v) is 8.81. The normalized spacial score (nSPS) is 23.0. The van der Waals surface area contributed by atoms with E-state index in [9.17, 15) is 5.11 Å². The number of hydrogen-bond donors (Lipinski definition) is 1. The van der Waals surface area contributed by atoms with Crippen molar-refractivity contribution in [2.75, 3.05) is 26.2 Å². The molecule has 0 amide bonds. The highest BCUT2D eigenvalue weighted by Gasteiger charge is 2.27. The Morgan fingerprint density at radius 2 is 1.59 bits per heavy atom. The third-order valence-electron chi connectivity index (χ3n) is 4.91. The van der Waals surface area contributed by atoms with Gasteiger partial charge >= 0.3 is 0 Å². The SMILES string of the molecule is OC1CCN(C2CCN(Cc3c(Cl)cncc3Cl)CC2)CC1. The number of nitrogens with zero attached hydrogens (tertiary/aromatic N) is 3. The van der Waals surface area contributed by atoms with Crippen LogP contribution in [-0.4, -0.2) is 58.2 Å². The fourth-order valence-corrected chi connectivity index (χ4v) is 3.99. The second-order valence-corrected chi connectivity index (χ2v) is 7.17. The second-order valence-electron chi connectivity index (χ2n) is 6.36. The van der Waals surface area contributed by atoms with Crippen molar-refractivity contribution in [3.8, 4) is 0 Å². The summed E-state index contributed by atoms with van der Waals surface area (Å²) in [5, 5.41) is 10.9. The molecule has 0 bridgehead atoms. The molecule has 4 nitrogen and oxygen atoms in total. The van der Waals surface area contributed by atoms with Gasteiger partial charge in [-0.3, -0.25) is 9.88 Å². The van der Waals surface area contributed by atoms with Crippen LogP contribution < -0.4 is 0 Å². The first-order chi connectivity index (χ1) is 10.6. The van der Waals surface area contributed by atoms with Gasteiger partial charge in [-0.05, 0) is 38.8 Å². The second kappa shape index (κ2) is 7.45. The molecule has 6 heteroatoms. The maximum atomic E-state index is 9.62. The number of halogens is 2. The molecule has 1 aromatic heterocycles. The Bertz CT molecular complexity index is 478. The van der Waals surface area contributed by atoms with Crippen LogP contribution in [0.4, 0.5) is 0 Å². The van der Waals surface area contributed by atoms with Crippen molar-refractivity contribution in [1.82, 2.24) is 14.8 Å². The summed E-state index contributed by atoms with van der Waals surface area (Å²) in [5.41, 5.74) is 0.984. The summed E-state index contributed by atoms with van der Waals surface area (Å²) >= 11 is 12.4. The van der Waals surface area contributed by atoms with E-state index in [1.54, 1.807) is 12.4 Å². The van der Waals surface area contributed by atoms with E-state index >= 15 is 0 Å². The standard InChI is InChI=1S/C16H23Cl2N3O/c17-15-9-19-10-16(18)14(15)11-20-5-1-12(2-6-20)21-7-3-13(22)4-8-21/h9-10,12-13,22H,1-8,11H2. The van der Waals surface area contributed by atoms with Gasteiger partial charge in [0, 0.05) is 43.6 Å². The minimum Gasteiger partial charge on any atom is -0.393 e. The smallest absolute Gasteiger partial charge is 0.0649 e. The average molecular weight is 344 g/mol. The lowest BCUT2D eigenvalue weighted by Gasteiger charge is -2.41. The van der Waals surface area contributed by atoms with Gasteiger partial charge in [-0.15, -0.1) is 0 Å². The van der Waals surface area contributed by atoms with E-state index in [2.05, 4.69) is 14.8 Å². The van der Waals surface area contributed by atoms with E-state index in [0.29, 0.717) is 16.1 Å². The van der Waals surface area contributed by atoms with E-state index in [-0.39, 0.29) is 6.10 Å². The third-order valence-corrected chi connectivity index (χ3v) is 5.56. The van der Waals surface area contributed by atoms with Gasteiger partial charge in [-0.25, -0.2) is 0 Å². The van der Waals surface area contributed by atoms with Crippen LogP contribution in [0, 0.1) is 0 Å². The lowest BCUT2D eigenvalue weighted by molar-refractivity contribution is 0.0375. The first kappa shape index (κ1) is 16.5. The summed E-state index contributed by atoms with van der Waals surface area (Å²) in [7, 11) is 0. The van der Waals surface area contributed by atoms with Gasteiger partial charge in [-0.1, -0.05) is 23.2 Å². The molecule has 0 aliphatic carbocycles. The number of aromatic nitrogens is 1. The van der Waals surface area contributed by atoms with Gasteiger partial charge < -0.3 is 10.0 Å². The monoisotopic (exact) mass is 343 g/mol. The van der Waals surface area contributed by atoms with Crippen molar-refractivity contribution >= 4 is 23.2 Å². The van der Waals surface area contributed by atoms with Gasteiger partial charge in [0.2, 0.25) is 0 Å². The zero-order valence-electron chi connectivity index (χ0n) is 12.7. The van der Waals surface area contributed by atoms with Crippen molar-refractivity contribution in [3.63, 3.8) is 0 Å². The molecule has 1 N–H and O–H groups in total. The number of likely N-dealkylation sites (tertiary alicyclic amines) is 2. The Balaban J connectivity index is 1.52. The molecule has 0 saturated carbocycles. The van der Waals surface area contributed by atoms with Crippen LogP contribution in [0.2, 0.25) is 10.0 Å². The highest BCUT2D eigenvalue weighted by Crippen LogP contribution is 2.27. The Hall–Kier alpha value is -0.390.